The molecule has 20 heavy (non-hydrogen) atoms. The lowest BCUT2D eigenvalue weighted by molar-refractivity contribution is 0.143. The molecule has 2 nitrogen and oxygen atoms in total. The van der Waals surface area contributed by atoms with Crippen molar-refractivity contribution < 1.29 is 9.84 Å². The molecular formula is C17H15BrO2. The zero-order chi connectivity index (χ0) is 14.6. The summed E-state index contributed by atoms with van der Waals surface area (Å²) in [6.45, 7) is 3.30. The number of ether oxygens (including phenoxy) is 1. The van der Waals surface area contributed by atoms with E-state index in [9.17, 15) is 5.11 Å². The van der Waals surface area contributed by atoms with E-state index in [-0.39, 0.29) is 0 Å². The highest BCUT2D eigenvalue weighted by Gasteiger charge is 2.07. The van der Waals surface area contributed by atoms with E-state index in [1.165, 1.54) is 0 Å². The Morgan fingerprint density at radius 2 is 1.70 bits per heavy atom. The quantitative estimate of drug-likeness (QED) is 0.829. The standard InChI is InChI=1S/C17H15BrO2/c1-17(2,19)12-11-13-5-3-4-6-16(13)20-15-9-7-14(18)8-10-15/h3-10,19H,1-2H3. The van der Waals surface area contributed by atoms with Gasteiger partial charge < -0.3 is 9.84 Å². The minimum Gasteiger partial charge on any atom is -0.456 e. The first kappa shape index (κ1) is 14.6. The molecule has 0 unspecified atom stereocenters. The number of aliphatic hydroxyl groups is 1. The molecule has 0 fully saturated rings. The number of hydrogen-bond acceptors (Lipinski definition) is 2. The molecule has 102 valence electrons. The van der Waals surface area contributed by atoms with Crippen molar-refractivity contribution >= 4 is 15.9 Å². The van der Waals surface area contributed by atoms with Crippen molar-refractivity contribution in [2.75, 3.05) is 0 Å². The first-order chi connectivity index (χ1) is 9.44. The van der Waals surface area contributed by atoms with Crippen LogP contribution in [0.3, 0.4) is 0 Å². The van der Waals surface area contributed by atoms with Crippen LogP contribution in [0.25, 0.3) is 0 Å². The van der Waals surface area contributed by atoms with Gasteiger partial charge in [-0.3, -0.25) is 0 Å². The fourth-order valence-electron chi connectivity index (χ4n) is 1.51. The van der Waals surface area contributed by atoms with Gasteiger partial charge in [0.05, 0.1) is 5.56 Å². The molecule has 0 atom stereocenters. The molecule has 0 aromatic heterocycles. The normalized spacial score (nSPS) is 10.6. The number of para-hydroxylation sites is 1. The highest BCUT2D eigenvalue weighted by molar-refractivity contribution is 9.10. The van der Waals surface area contributed by atoms with Gasteiger partial charge in [0.1, 0.15) is 17.1 Å². The van der Waals surface area contributed by atoms with Crippen LogP contribution < -0.4 is 4.74 Å². The largest absolute Gasteiger partial charge is 0.456 e. The summed E-state index contributed by atoms with van der Waals surface area (Å²) in [7, 11) is 0. The van der Waals surface area contributed by atoms with Crippen molar-refractivity contribution in [2.45, 2.75) is 19.4 Å². The Hall–Kier alpha value is -1.76. The van der Waals surface area contributed by atoms with E-state index in [2.05, 4.69) is 27.8 Å². The summed E-state index contributed by atoms with van der Waals surface area (Å²) in [6, 6.07) is 15.1. The second-order valence-corrected chi connectivity index (χ2v) is 5.78. The highest BCUT2D eigenvalue weighted by Crippen LogP contribution is 2.26. The van der Waals surface area contributed by atoms with Crippen LogP contribution >= 0.6 is 15.9 Å². The Balaban J connectivity index is 2.28. The van der Waals surface area contributed by atoms with Crippen molar-refractivity contribution in [2.24, 2.45) is 0 Å². The maximum absolute atomic E-state index is 9.67. The summed E-state index contributed by atoms with van der Waals surface area (Å²) >= 11 is 3.39. The van der Waals surface area contributed by atoms with Crippen molar-refractivity contribution in [1.82, 2.24) is 0 Å². The van der Waals surface area contributed by atoms with Crippen molar-refractivity contribution in [3.8, 4) is 23.3 Å². The highest BCUT2D eigenvalue weighted by atomic mass is 79.9. The Kier molecular flexibility index (Phi) is 4.49. The maximum atomic E-state index is 9.67. The van der Waals surface area contributed by atoms with Crippen LogP contribution in [0.2, 0.25) is 0 Å². The zero-order valence-corrected chi connectivity index (χ0v) is 12.9. The monoisotopic (exact) mass is 330 g/mol. The van der Waals surface area contributed by atoms with E-state index in [0.29, 0.717) is 5.75 Å². The third-order valence-corrected chi connectivity index (χ3v) is 2.96. The van der Waals surface area contributed by atoms with Crippen LogP contribution in [0.1, 0.15) is 19.4 Å². The molecule has 0 aliphatic heterocycles. The van der Waals surface area contributed by atoms with E-state index < -0.39 is 5.60 Å². The van der Waals surface area contributed by atoms with E-state index in [1.807, 2.05) is 48.5 Å². The summed E-state index contributed by atoms with van der Waals surface area (Å²) in [5.74, 6) is 7.16. The minimum absolute atomic E-state index is 0.673. The van der Waals surface area contributed by atoms with Gasteiger partial charge >= 0.3 is 0 Å². The molecule has 3 heteroatoms. The smallest absolute Gasteiger partial charge is 0.143 e. The molecule has 0 heterocycles. The topological polar surface area (TPSA) is 29.5 Å². The third-order valence-electron chi connectivity index (χ3n) is 2.43. The lowest BCUT2D eigenvalue weighted by Crippen LogP contribution is -2.14. The zero-order valence-electron chi connectivity index (χ0n) is 11.4. The minimum atomic E-state index is -1.02. The molecule has 0 bridgehead atoms. The fourth-order valence-corrected chi connectivity index (χ4v) is 1.77. The molecule has 0 spiro atoms. The summed E-state index contributed by atoms with van der Waals surface area (Å²) in [4.78, 5) is 0. The van der Waals surface area contributed by atoms with Gasteiger partial charge in [-0.05, 0) is 50.2 Å². The molecule has 0 saturated heterocycles. The average molecular weight is 331 g/mol. The summed E-state index contributed by atoms with van der Waals surface area (Å²) in [5, 5.41) is 9.67. The number of hydrogen-bond donors (Lipinski definition) is 1. The molecule has 0 radical (unpaired) electrons. The van der Waals surface area contributed by atoms with E-state index >= 15 is 0 Å². The first-order valence-corrected chi connectivity index (χ1v) is 7.01. The molecular weight excluding hydrogens is 316 g/mol. The van der Waals surface area contributed by atoms with Crippen LogP contribution in [0.15, 0.2) is 53.0 Å². The lowest BCUT2D eigenvalue weighted by Gasteiger charge is -2.09. The molecule has 1 N–H and O–H groups in total. The van der Waals surface area contributed by atoms with Gasteiger partial charge in [-0.25, -0.2) is 0 Å². The molecule has 2 aromatic rings. The van der Waals surface area contributed by atoms with Crippen LogP contribution in [-0.2, 0) is 0 Å². The number of benzene rings is 2. The molecule has 0 saturated carbocycles. The van der Waals surface area contributed by atoms with Crippen molar-refractivity contribution in [1.29, 1.82) is 0 Å². The van der Waals surface area contributed by atoms with E-state index in [1.54, 1.807) is 13.8 Å². The van der Waals surface area contributed by atoms with Gasteiger partial charge in [0.15, 0.2) is 0 Å². The Labute approximate surface area is 127 Å². The molecule has 2 aromatic carbocycles. The van der Waals surface area contributed by atoms with Gasteiger partial charge in [-0.15, -0.1) is 0 Å². The first-order valence-electron chi connectivity index (χ1n) is 6.22. The van der Waals surface area contributed by atoms with Gasteiger partial charge in [0.25, 0.3) is 0 Å². The van der Waals surface area contributed by atoms with Crippen LogP contribution in [-0.4, -0.2) is 10.7 Å². The Morgan fingerprint density at radius 1 is 1.05 bits per heavy atom. The summed E-state index contributed by atoms with van der Waals surface area (Å²) < 4.78 is 6.82. The fraction of sp³-hybridized carbons (Fsp3) is 0.176. The number of rotatable bonds is 2. The van der Waals surface area contributed by atoms with Crippen molar-refractivity contribution in [3.63, 3.8) is 0 Å². The SMILES string of the molecule is CC(C)(O)C#Cc1ccccc1Oc1ccc(Br)cc1. The van der Waals surface area contributed by atoms with Crippen molar-refractivity contribution in [3.05, 3.63) is 58.6 Å². The third kappa shape index (κ3) is 4.41. The summed E-state index contributed by atoms with van der Waals surface area (Å²) in [6.07, 6.45) is 0. The molecule has 2 rings (SSSR count). The van der Waals surface area contributed by atoms with Gasteiger partial charge in [-0.1, -0.05) is 39.9 Å². The van der Waals surface area contributed by atoms with Gasteiger partial charge in [0.2, 0.25) is 0 Å². The van der Waals surface area contributed by atoms with Crippen LogP contribution in [0, 0.1) is 11.8 Å². The number of halogens is 1. The predicted molar refractivity (Wildman–Crippen MR) is 83.8 cm³/mol. The second-order valence-electron chi connectivity index (χ2n) is 4.86. The molecule has 0 aliphatic rings. The van der Waals surface area contributed by atoms with Crippen LogP contribution in [0.4, 0.5) is 0 Å². The molecule has 0 amide bonds. The maximum Gasteiger partial charge on any atom is 0.143 e. The van der Waals surface area contributed by atoms with E-state index in [4.69, 9.17) is 4.74 Å². The predicted octanol–water partition coefficient (Wildman–Crippen LogP) is 4.36. The lowest BCUT2D eigenvalue weighted by atomic mass is 10.1. The van der Waals surface area contributed by atoms with Crippen LogP contribution in [0.5, 0.6) is 11.5 Å². The Morgan fingerprint density at radius 3 is 2.35 bits per heavy atom. The Bertz CT molecular complexity index is 643. The summed E-state index contributed by atoms with van der Waals surface area (Å²) in [5.41, 5.74) is -0.275. The second kappa shape index (κ2) is 6.13. The van der Waals surface area contributed by atoms with Gasteiger partial charge in [-0.2, -0.15) is 0 Å². The van der Waals surface area contributed by atoms with E-state index in [0.717, 1.165) is 15.8 Å². The average Bonchev–Trinajstić information content (AvgIpc) is 2.39. The molecule has 0 aliphatic carbocycles. The van der Waals surface area contributed by atoms with Gasteiger partial charge in [0, 0.05) is 4.47 Å².